The molecule has 0 aromatic heterocycles. The number of nitriles is 1. The molecule has 1 aliphatic carbocycles. The zero-order valence-corrected chi connectivity index (χ0v) is 16.1. The van der Waals surface area contributed by atoms with Gasteiger partial charge in [-0.2, -0.15) is 18.4 Å². The second-order valence-corrected chi connectivity index (χ2v) is 7.34. The minimum atomic E-state index is -4.81. The van der Waals surface area contributed by atoms with Crippen molar-refractivity contribution in [3.8, 4) is 6.07 Å². The van der Waals surface area contributed by atoms with Crippen LogP contribution in [0.1, 0.15) is 19.8 Å². The summed E-state index contributed by atoms with van der Waals surface area (Å²) in [4.78, 5) is 19.3. The lowest BCUT2D eigenvalue weighted by Gasteiger charge is -2.37. The molecule has 2 unspecified atom stereocenters. The summed E-state index contributed by atoms with van der Waals surface area (Å²) in [5.41, 5.74) is 1.20. The fourth-order valence-corrected chi connectivity index (χ4v) is 3.71. The van der Waals surface area contributed by atoms with Gasteiger partial charge >= 0.3 is 12.2 Å². The first-order valence-corrected chi connectivity index (χ1v) is 9.13. The third-order valence-electron chi connectivity index (χ3n) is 5.42. The number of halogens is 3. The quantitative estimate of drug-likeness (QED) is 0.782. The number of aliphatic hydroxyl groups is 1. The number of allylic oxidation sites excluding steroid dienone is 5. The number of β-amino-alcohol motifs (C(OH)–C–C–N with tert-alkyl or cyclic N) is 1. The summed E-state index contributed by atoms with van der Waals surface area (Å²) in [6.07, 6.45) is 2.23. The van der Waals surface area contributed by atoms with Crippen LogP contribution in [0, 0.1) is 11.3 Å². The van der Waals surface area contributed by atoms with Crippen LogP contribution in [0.25, 0.3) is 0 Å². The van der Waals surface area contributed by atoms with E-state index in [1.165, 1.54) is 11.9 Å². The van der Waals surface area contributed by atoms with E-state index in [1.54, 1.807) is 31.4 Å². The van der Waals surface area contributed by atoms with Gasteiger partial charge in [0.25, 0.3) is 0 Å². The molecule has 2 aliphatic heterocycles. The first kappa shape index (κ1) is 20.9. The van der Waals surface area contributed by atoms with Crippen LogP contribution in [0.4, 0.5) is 18.0 Å². The van der Waals surface area contributed by atoms with Crippen LogP contribution in [-0.4, -0.2) is 65.1 Å². The fraction of sp³-hybridized carbons (Fsp3) is 0.450. The molecule has 0 aromatic carbocycles. The molecule has 0 aromatic rings. The van der Waals surface area contributed by atoms with Crippen LogP contribution in [0.15, 0.2) is 51.7 Å². The molecule has 2 atom stereocenters. The Hall–Kier alpha value is -2.86. The molecule has 2 heterocycles. The number of likely N-dealkylation sites (N-methyl/N-ethyl adjacent to an activating group) is 1. The number of nitrogens with zero attached hydrogens (tertiary/aromatic N) is 4. The molecule has 1 N–H and O–H groups in total. The normalized spacial score (nSPS) is 25.9. The second-order valence-electron chi connectivity index (χ2n) is 7.34. The Bertz CT molecular complexity index is 908. The molecule has 0 radical (unpaired) electrons. The van der Waals surface area contributed by atoms with Gasteiger partial charge in [0.15, 0.2) is 6.10 Å². The predicted molar refractivity (Wildman–Crippen MR) is 101 cm³/mol. The minimum absolute atomic E-state index is 0.245. The van der Waals surface area contributed by atoms with Crippen molar-refractivity contribution in [1.29, 1.82) is 5.26 Å². The first-order valence-electron chi connectivity index (χ1n) is 9.13. The van der Waals surface area contributed by atoms with Crippen molar-refractivity contribution in [3.63, 3.8) is 0 Å². The van der Waals surface area contributed by atoms with E-state index < -0.39 is 30.4 Å². The van der Waals surface area contributed by atoms with Gasteiger partial charge in [-0.05, 0) is 37.5 Å². The second kappa shape index (κ2) is 7.52. The van der Waals surface area contributed by atoms with Gasteiger partial charge in [0.2, 0.25) is 0 Å². The Morgan fingerprint density at radius 1 is 1.45 bits per heavy atom. The lowest BCUT2D eigenvalue weighted by Crippen LogP contribution is -2.50. The van der Waals surface area contributed by atoms with Gasteiger partial charge in [0.05, 0.1) is 23.7 Å². The summed E-state index contributed by atoms with van der Waals surface area (Å²) in [6.45, 7) is 1.41. The minimum Gasteiger partial charge on any atom is -0.382 e. The summed E-state index contributed by atoms with van der Waals surface area (Å²) in [5.74, 6) is 0. The zero-order chi connectivity index (χ0) is 21.4. The number of rotatable bonds is 3. The highest BCUT2D eigenvalue weighted by Crippen LogP contribution is 2.43. The Labute approximate surface area is 166 Å². The molecule has 29 heavy (non-hydrogen) atoms. The Morgan fingerprint density at radius 2 is 2.17 bits per heavy atom. The van der Waals surface area contributed by atoms with Crippen LogP contribution in [-0.2, 0) is 0 Å². The van der Waals surface area contributed by atoms with Crippen LogP contribution < -0.4 is 0 Å². The van der Waals surface area contributed by atoms with E-state index in [1.807, 2.05) is 6.08 Å². The van der Waals surface area contributed by atoms with Gasteiger partial charge in [0.1, 0.15) is 0 Å². The van der Waals surface area contributed by atoms with Crippen LogP contribution in [0.2, 0.25) is 0 Å². The maximum Gasteiger partial charge on any atom is 0.416 e. The van der Waals surface area contributed by atoms with Crippen molar-refractivity contribution in [2.24, 2.45) is 4.99 Å². The lowest BCUT2D eigenvalue weighted by atomic mass is 9.83. The SMILES string of the molecule is CN1C(=O)N(CC(O)C(F)(F)F)C2(C)CC=C(C3=C(C#N)C=CCCN=C3)C=C12. The van der Waals surface area contributed by atoms with E-state index in [9.17, 15) is 28.3 Å². The number of hydrogen-bond acceptors (Lipinski definition) is 4. The van der Waals surface area contributed by atoms with Crippen LogP contribution >= 0.6 is 0 Å². The summed E-state index contributed by atoms with van der Waals surface area (Å²) >= 11 is 0. The van der Waals surface area contributed by atoms with E-state index in [2.05, 4.69) is 11.1 Å². The van der Waals surface area contributed by atoms with Crippen LogP contribution in [0.5, 0.6) is 0 Å². The highest BCUT2D eigenvalue weighted by molar-refractivity contribution is 5.90. The van der Waals surface area contributed by atoms with Gasteiger partial charge < -0.3 is 10.0 Å². The van der Waals surface area contributed by atoms with Gasteiger partial charge in [-0.25, -0.2) is 4.79 Å². The van der Waals surface area contributed by atoms with E-state index in [4.69, 9.17) is 0 Å². The molecule has 3 aliphatic rings. The van der Waals surface area contributed by atoms with E-state index >= 15 is 0 Å². The number of carbonyl (C=O) groups excluding carboxylic acids is 1. The van der Waals surface area contributed by atoms with Gasteiger partial charge in [-0.1, -0.05) is 12.2 Å². The molecule has 0 saturated carbocycles. The summed E-state index contributed by atoms with van der Waals surface area (Å²) < 4.78 is 38.5. The van der Waals surface area contributed by atoms with Crippen LogP contribution in [0.3, 0.4) is 0 Å². The van der Waals surface area contributed by atoms with Crippen molar-refractivity contribution in [2.45, 2.75) is 37.6 Å². The molecule has 0 spiro atoms. The van der Waals surface area contributed by atoms with Crippen molar-refractivity contribution in [3.05, 3.63) is 46.7 Å². The molecule has 6 nitrogen and oxygen atoms in total. The Kier molecular flexibility index (Phi) is 5.41. The molecule has 3 rings (SSSR count). The van der Waals surface area contributed by atoms with Crippen molar-refractivity contribution in [2.75, 3.05) is 20.1 Å². The number of carbonyl (C=O) groups is 1. The maximum atomic E-state index is 12.8. The number of urea groups is 1. The predicted octanol–water partition coefficient (Wildman–Crippen LogP) is 3.10. The molecule has 1 fully saturated rings. The standard InChI is InChI=1S/C20H21F3N4O2/c1-19-7-6-13(15-11-25-8-4-3-5-14(15)10-24)9-16(19)26(2)18(29)27(19)12-17(28)20(21,22)23/h3,5-6,9,11,17,28H,4,7-8,12H2,1-2H3. The van der Waals surface area contributed by atoms with Crippen molar-refractivity contribution < 1.29 is 23.1 Å². The molecular formula is C20H21F3N4O2. The van der Waals surface area contributed by atoms with Gasteiger partial charge in [-0.3, -0.25) is 9.89 Å². The highest BCUT2D eigenvalue weighted by atomic mass is 19.4. The van der Waals surface area contributed by atoms with Crippen molar-refractivity contribution >= 4 is 12.2 Å². The van der Waals surface area contributed by atoms with E-state index in [-0.39, 0.29) is 6.42 Å². The number of aliphatic hydroxyl groups excluding tert-OH is 1. The third-order valence-corrected chi connectivity index (χ3v) is 5.42. The summed E-state index contributed by atoms with van der Waals surface area (Å²) in [6, 6.07) is 1.53. The van der Waals surface area contributed by atoms with Crippen molar-refractivity contribution in [1.82, 2.24) is 9.80 Å². The summed E-state index contributed by atoms with van der Waals surface area (Å²) in [5, 5.41) is 19.0. The van der Waals surface area contributed by atoms with Gasteiger partial charge in [0, 0.05) is 31.1 Å². The maximum absolute atomic E-state index is 12.8. The molecule has 2 amide bonds. The topological polar surface area (TPSA) is 79.9 Å². The Morgan fingerprint density at radius 3 is 2.83 bits per heavy atom. The Balaban J connectivity index is 1.99. The average molecular weight is 406 g/mol. The monoisotopic (exact) mass is 406 g/mol. The number of fused-ring (bicyclic) bond motifs is 1. The van der Waals surface area contributed by atoms with Gasteiger partial charge in [-0.15, -0.1) is 0 Å². The average Bonchev–Trinajstić information content (AvgIpc) is 2.82. The molecule has 9 heteroatoms. The third kappa shape index (κ3) is 3.72. The number of aliphatic imine (C=N–C) groups is 1. The fourth-order valence-electron chi connectivity index (χ4n) is 3.71. The highest BCUT2D eigenvalue weighted by Gasteiger charge is 2.52. The molecule has 1 saturated heterocycles. The smallest absolute Gasteiger partial charge is 0.382 e. The van der Waals surface area contributed by atoms with E-state index in [0.29, 0.717) is 29.0 Å². The summed E-state index contributed by atoms with van der Waals surface area (Å²) in [7, 11) is 1.49. The molecular weight excluding hydrogens is 385 g/mol. The number of alkyl halides is 3. The lowest BCUT2D eigenvalue weighted by molar-refractivity contribution is -0.207. The number of hydrogen-bond donors (Lipinski definition) is 1. The zero-order valence-electron chi connectivity index (χ0n) is 16.1. The van der Waals surface area contributed by atoms with E-state index in [0.717, 1.165) is 11.3 Å². The number of amides is 2. The molecule has 154 valence electrons. The first-order chi connectivity index (χ1) is 13.6. The largest absolute Gasteiger partial charge is 0.416 e. The molecule has 0 bridgehead atoms.